The highest BCUT2D eigenvalue weighted by Crippen LogP contribution is 2.26. The number of nitrogens with zero attached hydrogens (tertiary/aromatic N) is 1. The molecule has 1 aromatic carbocycles. The molecule has 1 aliphatic rings. The minimum absolute atomic E-state index is 0.139. The highest BCUT2D eigenvalue weighted by molar-refractivity contribution is 7.89. The monoisotopic (exact) mass is 449 g/mol. The molecule has 0 radical (unpaired) electrons. The number of esters is 1. The average Bonchev–Trinajstić information content (AvgIpc) is 3.11. The summed E-state index contributed by atoms with van der Waals surface area (Å²) in [6.45, 7) is 6.52. The van der Waals surface area contributed by atoms with E-state index < -0.39 is 21.9 Å². The van der Waals surface area contributed by atoms with Gasteiger partial charge in [-0.3, -0.25) is 4.79 Å². The lowest BCUT2D eigenvalue weighted by molar-refractivity contribution is 0.0599. The number of hydrogen-bond acceptors (Lipinski definition) is 6. The molecule has 31 heavy (non-hydrogen) atoms. The minimum Gasteiger partial charge on any atom is -0.465 e. The van der Waals surface area contributed by atoms with Gasteiger partial charge >= 0.3 is 5.97 Å². The van der Waals surface area contributed by atoms with Crippen molar-refractivity contribution in [2.24, 2.45) is 0 Å². The van der Waals surface area contributed by atoms with Gasteiger partial charge in [-0.1, -0.05) is 13.0 Å². The molecule has 1 saturated heterocycles. The Morgan fingerprint density at radius 1 is 1.23 bits per heavy atom. The van der Waals surface area contributed by atoms with Crippen LogP contribution < -0.4 is 5.32 Å². The van der Waals surface area contributed by atoms with Crippen molar-refractivity contribution in [3.8, 4) is 0 Å². The molecule has 1 aliphatic heterocycles. The van der Waals surface area contributed by atoms with Crippen LogP contribution in [0.3, 0.4) is 0 Å². The fourth-order valence-electron chi connectivity index (χ4n) is 3.60. The molecule has 3 rings (SSSR count). The van der Waals surface area contributed by atoms with Crippen LogP contribution in [0.15, 0.2) is 23.1 Å². The molecule has 1 fully saturated rings. The Morgan fingerprint density at radius 3 is 2.52 bits per heavy atom. The Labute approximate surface area is 181 Å². The summed E-state index contributed by atoms with van der Waals surface area (Å²) in [7, 11) is -2.42. The zero-order chi connectivity index (χ0) is 22.8. The second-order valence-electron chi connectivity index (χ2n) is 7.27. The van der Waals surface area contributed by atoms with E-state index in [4.69, 9.17) is 9.47 Å². The maximum atomic E-state index is 13.1. The van der Waals surface area contributed by atoms with E-state index in [1.54, 1.807) is 26.0 Å². The van der Waals surface area contributed by atoms with Gasteiger partial charge in [0.15, 0.2) is 0 Å². The topological polar surface area (TPSA) is 118 Å². The lowest BCUT2D eigenvalue weighted by Gasteiger charge is -2.26. The molecule has 2 heterocycles. The number of nitrogens with one attached hydrogen (secondary N) is 2. The quantitative estimate of drug-likeness (QED) is 0.653. The van der Waals surface area contributed by atoms with Crippen molar-refractivity contribution in [1.29, 1.82) is 0 Å². The number of hydrogen-bond donors (Lipinski definition) is 2. The molecular weight excluding hydrogens is 422 g/mol. The highest BCUT2D eigenvalue weighted by atomic mass is 32.2. The third-order valence-electron chi connectivity index (χ3n) is 5.33. The normalized spacial score (nSPS) is 15.0. The standard InChI is InChI=1S/C21H27N3O6S/c1-5-16-18(21(26)29-4)14(3)19(23-16)20(25)22-15-7-6-13(2)17(12-15)31(27,28)24-8-10-30-11-9-24/h6-7,12,23H,5,8-11H2,1-4H3,(H,22,25). The van der Waals surface area contributed by atoms with Gasteiger partial charge in [0.25, 0.3) is 5.91 Å². The van der Waals surface area contributed by atoms with E-state index in [1.807, 2.05) is 6.92 Å². The van der Waals surface area contributed by atoms with E-state index >= 15 is 0 Å². The van der Waals surface area contributed by atoms with Crippen LogP contribution >= 0.6 is 0 Å². The predicted octanol–water partition coefficient (Wildman–Crippen LogP) is 2.25. The Hall–Kier alpha value is -2.69. The Bertz CT molecular complexity index is 1100. The van der Waals surface area contributed by atoms with Gasteiger partial charge < -0.3 is 19.8 Å². The van der Waals surface area contributed by atoms with Crippen molar-refractivity contribution in [2.75, 3.05) is 38.7 Å². The molecule has 0 aliphatic carbocycles. The molecule has 0 unspecified atom stereocenters. The number of amides is 1. The molecule has 0 spiro atoms. The number of H-pyrrole nitrogens is 1. The van der Waals surface area contributed by atoms with Crippen molar-refractivity contribution in [1.82, 2.24) is 9.29 Å². The number of methoxy groups -OCH3 is 1. The van der Waals surface area contributed by atoms with Crippen LogP contribution in [0.2, 0.25) is 0 Å². The Kier molecular flexibility index (Phi) is 6.83. The first kappa shape index (κ1) is 23.0. The number of ether oxygens (including phenoxy) is 2. The van der Waals surface area contributed by atoms with E-state index in [0.29, 0.717) is 47.7 Å². The summed E-state index contributed by atoms with van der Waals surface area (Å²) in [6, 6.07) is 4.76. The predicted molar refractivity (Wildman–Crippen MR) is 115 cm³/mol. The first-order valence-corrected chi connectivity index (χ1v) is 11.4. The summed E-state index contributed by atoms with van der Waals surface area (Å²) < 4.78 is 37.6. The van der Waals surface area contributed by atoms with E-state index in [1.165, 1.54) is 17.5 Å². The molecule has 0 bridgehead atoms. The number of carbonyl (C=O) groups is 2. The summed E-state index contributed by atoms with van der Waals surface area (Å²) in [5.74, 6) is -0.986. The van der Waals surface area contributed by atoms with Crippen LogP contribution in [0.5, 0.6) is 0 Å². The second-order valence-corrected chi connectivity index (χ2v) is 9.18. The molecule has 168 valence electrons. The molecule has 2 aromatic rings. The zero-order valence-electron chi connectivity index (χ0n) is 18.1. The van der Waals surface area contributed by atoms with Gasteiger partial charge in [0.2, 0.25) is 10.0 Å². The maximum Gasteiger partial charge on any atom is 0.339 e. The fourth-order valence-corrected chi connectivity index (χ4v) is 5.26. The van der Waals surface area contributed by atoms with Gasteiger partial charge in [0.1, 0.15) is 5.69 Å². The number of aromatic amines is 1. The first-order chi connectivity index (χ1) is 14.7. The van der Waals surface area contributed by atoms with Gasteiger partial charge in [-0.15, -0.1) is 0 Å². The summed E-state index contributed by atoms with van der Waals surface area (Å²) in [6.07, 6.45) is 0.519. The van der Waals surface area contributed by atoms with Gasteiger partial charge in [0.05, 0.1) is 30.8 Å². The molecule has 0 atom stereocenters. The Morgan fingerprint density at radius 2 is 1.90 bits per heavy atom. The van der Waals surface area contributed by atoms with E-state index in [0.717, 1.165) is 0 Å². The van der Waals surface area contributed by atoms with Crippen LogP contribution in [0.4, 0.5) is 5.69 Å². The van der Waals surface area contributed by atoms with Gasteiger partial charge in [-0.2, -0.15) is 4.31 Å². The third-order valence-corrected chi connectivity index (χ3v) is 7.37. The number of aromatic nitrogens is 1. The molecular formula is C21H27N3O6S. The number of aryl methyl sites for hydroxylation is 2. The molecule has 2 N–H and O–H groups in total. The second kappa shape index (κ2) is 9.21. The summed E-state index contributed by atoms with van der Waals surface area (Å²) >= 11 is 0. The molecule has 0 saturated carbocycles. The van der Waals surface area contributed by atoms with Crippen molar-refractivity contribution in [2.45, 2.75) is 32.1 Å². The van der Waals surface area contributed by atoms with Crippen molar-refractivity contribution >= 4 is 27.6 Å². The summed E-state index contributed by atoms with van der Waals surface area (Å²) in [5.41, 5.74) is 2.59. The Balaban J connectivity index is 1.90. The van der Waals surface area contributed by atoms with E-state index in [2.05, 4.69) is 10.3 Å². The van der Waals surface area contributed by atoms with Crippen molar-refractivity contribution in [3.63, 3.8) is 0 Å². The van der Waals surface area contributed by atoms with Crippen LogP contribution in [0.1, 0.15) is 44.6 Å². The largest absolute Gasteiger partial charge is 0.465 e. The number of anilines is 1. The van der Waals surface area contributed by atoms with E-state index in [9.17, 15) is 18.0 Å². The minimum atomic E-state index is -3.71. The maximum absolute atomic E-state index is 13.1. The lowest BCUT2D eigenvalue weighted by Crippen LogP contribution is -2.40. The molecule has 9 nitrogen and oxygen atoms in total. The molecule has 10 heteroatoms. The number of morpholine rings is 1. The van der Waals surface area contributed by atoms with Crippen LogP contribution in [-0.2, 0) is 25.9 Å². The number of sulfonamides is 1. The molecule has 1 aromatic heterocycles. The summed E-state index contributed by atoms with van der Waals surface area (Å²) in [4.78, 5) is 28.1. The van der Waals surface area contributed by atoms with Crippen LogP contribution in [0.25, 0.3) is 0 Å². The first-order valence-electron chi connectivity index (χ1n) is 10.00. The number of rotatable bonds is 6. The number of benzene rings is 1. The smallest absolute Gasteiger partial charge is 0.339 e. The number of carbonyl (C=O) groups excluding carboxylic acids is 2. The van der Waals surface area contributed by atoms with Gasteiger partial charge in [-0.25, -0.2) is 13.2 Å². The zero-order valence-corrected chi connectivity index (χ0v) is 18.9. The highest BCUT2D eigenvalue weighted by Gasteiger charge is 2.28. The van der Waals surface area contributed by atoms with Crippen molar-refractivity contribution < 1.29 is 27.5 Å². The van der Waals surface area contributed by atoms with Crippen LogP contribution in [-0.4, -0.2) is 63.0 Å². The SMILES string of the molecule is CCc1[nH]c(C(=O)Nc2ccc(C)c(S(=O)(=O)N3CCOCC3)c2)c(C)c1C(=O)OC. The van der Waals surface area contributed by atoms with Gasteiger partial charge in [0, 0.05) is 24.5 Å². The van der Waals surface area contributed by atoms with E-state index in [-0.39, 0.29) is 23.7 Å². The fraction of sp³-hybridized carbons (Fsp3) is 0.429. The molecule has 1 amide bonds. The lowest BCUT2D eigenvalue weighted by atomic mass is 10.1. The van der Waals surface area contributed by atoms with Crippen molar-refractivity contribution in [3.05, 3.63) is 46.3 Å². The third kappa shape index (κ3) is 4.51. The van der Waals surface area contributed by atoms with Crippen LogP contribution in [0, 0.1) is 13.8 Å². The van der Waals surface area contributed by atoms with Gasteiger partial charge in [-0.05, 0) is 43.5 Å². The summed E-state index contributed by atoms with van der Waals surface area (Å²) in [5, 5.41) is 2.73. The average molecular weight is 450 g/mol.